The van der Waals surface area contributed by atoms with Gasteiger partial charge in [-0.25, -0.2) is 0 Å². The highest BCUT2D eigenvalue weighted by molar-refractivity contribution is 9.10. The molecule has 0 spiro atoms. The molecular formula is C16H20BrNO3. The second kappa shape index (κ2) is 7.52. The highest BCUT2D eigenvalue weighted by Gasteiger charge is 2.11. The molecule has 1 heterocycles. The Morgan fingerprint density at radius 2 is 1.95 bits per heavy atom. The minimum Gasteiger partial charge on any atom is -0.493 e. The molecule has 1 atom stereocenters. The highest BCUT2D eigenvalue weighted by atomic mass is 79.9. The molecule has 0 aliphatic heterocycles. The molecule has 0 bridgehead atoms. The first-order valence-corrected chi connectivity index (χ1v) is 7.59. The summed E-state index contributed by atoms with van der Waals surface area (Å²) in [5, 5.41) is 3.48. The fourth-order valence-corrected chi connectivity index (χ4v) is 2.58. The first-order valence-electron chi connectivity index (χ1n) is 6.80. The summed E-state index contributed by atoms with van der Waals surface area (Å²) in [7, 11) is 3.27. The number of rotatable bonds is 7. The third kappa shape index (κ3) is 4.25. The molecular weight excluding hydrogens is 334 g/mol. The molecule has 0 aliphatic carbocycles. The molecule has 0 radical (unpaired) electrons. The lowest BCUT2D eigenvalue weighted by Gasteiger charge is -2.15. The van der Waals surface area contributed by atoms with Gasteiger partial charge in [0.05, 0.1) is 20.5 Å². The average Bonchev–Trinajstić information content (AvgIpc) is 2.98. The van der Waals surface area contributed by atoms with Crippen LogP contribution in [0.15, 0.2) is 39.4 Å². The summed E-state index contributed by atoms with van der Waals surface area (Å²) >= 11 is 3.57. The average molecular weight is 354 g/mol. The van der Waals surface area contributed by atoms with E-state index in [4.69, 9.17) is 13.9 Å². The number of ether oxygens (including phenoxy) is 2. The monoisotopic (exact) mass is 353 g/mol. The van der Waals surface area contributed by atoms with Crippen molar-refractivity contribution < 1.29 is 13.9 Å². The molecule has 0 amide bonds. The van der Waals surface area contributed by atoms with Gasteiger partial charge in [0.1, 0.15) is 5.76 Å². The van der Waals surface area contributed by atoms with Crippen molar-refractivity contribution >= 4 is 15.9 Å². The number of hydrogen-bond donors (Lipinski definition) is 1. The molecule has 1 N–H and O–H groups in total. The number of furan rings is 1. The summed E-state index contributed by atoms with van der Waals surface area (Å²) in [6, 6.07) is 8.12. The lowest BCUT2D eigenvalue weighted by Crippen LogP contribution is -2.27. The Bertz CT molecular complexity index is 569. The van der Waals surface area contributed by atoms with Crippen LogP contribution in [0, 0.1) is 0 Å². The number of halogens is 1. The molecule has 0 saturated carbocycles. The van der Waals surface area contributed by atoms with E-state index in [0.29, 0.717) is 6.04 Å². The van der Waals surface area contributed by atoms with Gasteiger partial charge in [-0.15, -0.1) is 0 Å². The van der Waals surface area contributed by atoms with Gasteiger partial charge in [-0.2, -0.15) is 0 Å². The first-order chi connectivity index (χ1) is 10.1. The van der Waals surface area contributed by atoms with E-state index in [0.717, 1.165) is 40.3 Å². The molecule has 0 unspecified atom stereocenters. The molecule has 0 saturated heterocycles. The number of nitrogens with one attached hydrogen (secondary N) is 1. The fraction of sp³-hybridized carbons (Fsp3) is 0.375. The SMILES string of the molecule is COc1cc(Br)c(CN[C@@H](C)Cc2ccco2)cc1OC. The lowest BCUT2D eigenvalue weighted by atomic mass is 10.1. The molecule has 114 valence electrons. The number of hydrogen-bond acceptors (Lipinski definition) is 4. The van der Waals surface area contributed by atoms with Crippen molar-refractivity contribution in [3.63, 3.8) is 0 Å². The Balaban J connectivity index is 1.99. The zero-order valence-electron chi connectivity index (χ0n) is 12.5. The smallest absolute Gasteiger partial charge is 0.161 e. The van der Waals surface area contributed by atoms with E-state index in [9.17, 15) is 0 Å². The van der Waals surface area contributed by atoms with E-state index >= 15 is 0 Å². The van der Waals surface area contributed by atoms with Gasteiger partial charge < -0.3 is 19.2 Å². The van der Waals surface area contributed by atoms with E-state index < -0.39 is 0 Å². The van der Waals surface area contributed by atoms with Gasteiger partial charge in [-0.1, -0.05) is 15.9 Å². The summed E-state index contributed by atoms with van der Waals surface area (Å²) in [4.78, 5) is 0. The van der Waals surface area contributed by atoms with Crippen molar-refractivity contribution in [2.24, 2.45) is 0 Å². The van der Waals surface area contributed by atoms with E-state index in [-0.39, 0.29) is 0 Å². The maximum Gasteiger partial charge on any atom is 0.161 e. The Morgan fingerprint density at radius 1 is 1.24 bits per heavy atom. The van der Waals surface area contributed by atoms with Crippen LogP contribution in [-0.4, -0.2) is 20.3 Å². The normalized spacial score (nSPS) is 12.2. The van der Waals surface area contributed by atoms with E-state index in [1.54, 1.807) is 20.5 Å². The predicted octanol–water partition coefficient (Wildman–Crippen LogP) is 3.78. The molecule has 4 nitrogen and oxygen atoms in total. The van der Waals surface area contributed by atoms with Crippen molar-refractivity contribution in [1.29, 1.82) is 0 Å². The van der Waals surface area contributed by atoms with Crippen LogP contribution in [0.1, 0.15) is 18.2 Å². The molecule has 0 aliphatic rings. The summed E-state index contributed by atoms with van der Waals surface area (Å²) in [5.41, 5.74) is 1.12. The van der Waals surface area contributed by atoms with E-state index in [2.05, 4.69) is 28.2 Å². The van der Waals surface area contributed by atoms with E-state index in [1.165, 1.54) is 0 Å². The largest absolute Gasteiger partial charge is 0.493 e. The highest BCUT2D eigenvalue weighted by Crippen LogP contribution is 2.33. The molecule has 2 rings (SSSR count). The van der Waals surface area contributed by atoms with Crippen LogP contribution in [0.4, 0.5) is 0 Å². The van der Waals surface area contributed by atoms with Crippen LogP contribution >= 0.6 is 15.9 Å². The standard InChI is InChI=1S/C16H20BrNO3/c1-11(7-13-5-4-6-21-13)18-10-12-8-15(19-2)16(20-3)9-14(12)17/h4-6,8-9,11,18H,7,10H2,1-3H3/t11-/m0/s1. The summed E-state index contributed by atoms with van der Waals surface area (Å²) in [6.45, 7) is 2.87. The maximum atomic E-state index is 5.36. The summed E-state index contributed by atoms with van der Waals surface area (Å²) in [6.07, 6.45) is 2.56. The number of benzene rings is 1. The van der Waals surface area contributed by atoms with Crippen molar-refractivity contribution in [2.45, 2.75) is 25.9 Å². The third-order valence-corrected chi connectivity index (χ3v) is 4.02. The van der Waals surface area contributed by atoms with Gasteiger partial charge in [-0.05, 0) is 36.8 Å². The molecule has 2 aromatic rings. The van der Waals surface area contributed by atoms with E-state index in [1.807, 2.05) is 24.3 Å². The molecule has 5 heteroatoms. The zero-order chi connectivity index (χ0) is 15.2. The molecule has 1 aromatic heterocycles. The van der Waals surface area contributed by atoms with Crippen LogP contribution in [0.2, 0.25) is 0 Å². The molecule has 0 fully saturated rings. The van der Waals surface area contributed by atoms with Gasteiger partial charge >= 0.3 is 0 Å². The molecule has 21 heavy (non-hydrogen) atoms. The maximum absolute atomic E-state index is 5.36. The third-order valence-electron chi connectivity index (χ3n) is 3.28. The van der Waals surface area contributed by atoms with Gasteiger partial charge in [0.25, 0.3) is 0 Å². The van der Waals surface area contributed by atoms with Gasteiger partial charge in [-0.3, -0.25) is 0 Å². The minimum absolute atomic E-state index is 0.316. The van der Waals surface area contributed by atoms with Crippen molar-refractivity contribution in [1.82, 2.24) is 5.32 Å². The van der Waals surface area contributed by atoms with Gasteiger partial charge in [0, 0.05) is 23.5 Å². The zero-order valence-corrected chi connectivity index (χ0v) is 14.1. The Morgan fingerprint density at radius 3 is 2.57 bits per heavy atom. The first kappa shape index (κ1) is 15.9. The predicted molar refractivity (Wildman–Crippen MR) is 86.0 cm³/mol. The second-order valence-electron chi connectivity index (χ2n) is 4.86. The van der Waals surface area contributed by atoms with Crippen molar-refractivity contribution in [3.05, 3.63) is 46.3 Å². The second-order valence-corrected chi connectivity index (χ2v) is 5.72. The number of methoxy groups -OCH3 is 2. The van der Waals surface area contributed by atoms with Gasteiger partial charge in [0.2, 0.25) is 0 Å². The quantitative estimate of drug-likeness (QED) is 0.822. The minimum atomic E-state index is 0.316. The van der Waals surface area contributed by atoms with Gasteiger partial charge in [0.15, 0.2) is 11.5 Å². The Labute approximate surface area is 133 Å². The Kier molecular flexibility index (Phi) is 5.70. The topological polar surface area (TPSA) is 43.6 Å². The van der Waals surface area contributed by atoms with Crippen LogP contribution in [0.25, 0.3) is 0 Å². The summed E-state index contributed by atoms with van der Waals surface area (Å²) in [5.74, 6) is 2.44. The van der Waals surface area contributed by atoms with Crippen LogP contribution in [0.5, 0.6) is 11.5 Å². The fourth-order valence-electron chi connectivity index (χ4n) is 2.12. The Hall–Kier alpha value is -1.46. The lowest BCUT2D eigenvalue weighted by molar-refractivity contribution is 0.354. The van der Waals surface area contributed by atoms with Crippen LogP contribution in [0.3, 0.4) is 0 Å². The van der Waals surface area contributed by atoms with Crippen LogP contribution < -0.4 is 14.8 Å². The van der Waals surface area contributed by atoms with Crippen molar-refractivity contribution in [2.75, 3.05) is 14.2 Å². The van der Waals surface area contributed by atoms with Crippen molar-refractivity contribution in [3.8, 4) is 11.5 Å². The summed E-state index contributed by atoms with van der Waals surface area (Å²) < 4.78 is 17.0. The molecule has 1 aromatic carbocycles. The van der Waals surface area contributed by atoms with Crippen LogP contribution in [-0.2, 0) is 13.0 Å².